The van der Waals surface area contributed by atoms with Crippen LogP contribution in [-0.4, -0.2) is 28.0 Å². The average Bonchev–Trinajstić information content (AvgIpc) is 2.65. The lowest BCUT2D eigenvalue weighted by Crippen LogP contribution is -2.43. The Bertz CT molecular complexity index is 447. The molecule has 0 saturated heterocycles. The Kier molecular flexibility index (Phi) is 4.49. The molecular weight excluding hydrogens is 244 g/mol. The highest BCUT2D eigenvalue weighted by Gasteiger charge is 2.30. The van der Waals surface area contributed by atoms with E-state index in [1.54, 1.807) is 24.4 Å². The van der Waals surface area contributed by atoms with Crippen molar-refractivity contribution in [1.82, 2.24) is 10.3 Å². The van der Waals surface area contributed by atoms with Crippen LogP contribution in [0.2, 0.25) is 0 Å². The molecule has 0 spiro atoms. The number of carboxylic acid groups (broad SMARTS) is 1. The number of nitrogens with one attached hydrogen (secondary N) is 1. The van der Waals surface area contributed by atoms with Crippen molar-refractivity contribution in [2.75, 3.05) is 0 Å². The molecule has 1 aliphatic rings. The number of aliphatic carboxylic acids is 1. The lowest BCUT2D eigenvalue weighted by molar-refractivity contribution is -0.142. The zero-order chi connectivity index (χ0) is 13.7. The highest BCUT2D eigenvalue weighted by Crippen LogP contribution is 2.24. The fourth-order valence-corrected chi connectivity index (χ4v) is 2.52. The Balaban J connectivity index is 2.06. The molecule has 1 aliphatic carbocycles. The standard InChI is InChI=1S/C14H18N2O3/c17-13(12-8-4-5-9-15-12)16-11-7-3-1-2-6-10(11)14(18)19/h4-5,8-11H,1-3,6-7H2,(H,16,17)(H,18,19). The summed E-state index contributed by atoms with van der Waals surface area (Å²) in [6.45, 7) is 0. The number of nitrogens with zero attached hydrogens (tertiary/aromatic N) is 1. The van der Waals surface area contributed by atoms with E-state index in [4.69, 9.17) is 0 Å². The molecule has 1 aromatic heterocycles. The summed E-state index contributed by atoms with van der Waals surface area (Å²) in [5.41, 5.74) is 0.330. The Morgan fingerprint density at radius 1 is 1.21 bits per heavy atom. The maximum atomic E-state index is 12.0. The van der Waals surface area contributed by atoms with Crippen molar-refractivity contribution < 1.29 is 14.7 Å². The molecule has 2 unspecified atom stereocenters. The van der Waals surface area contributed by atoms with Gasteiger partial charge in [-0.2, -0.15) is 0 Å². The summed E-state index contributed by atoms with van der Waals surface area (Å²) in [6.07, 6.45) is 5.79. The topological polar surface area (TPSA) is 79.3 Å². The summed E-state index contributed by atoms with van der Waals surface area (Å²) in [5, 5.41) is 12.1. The van der Waals surface area contributed by atoms with E-state index in [0.29, 0.717) is 12.1 Å². The molecule has 0 radical (unpaired) electrons. The van der Waals surface area contributed by atoms with Crippen LogP contribution < -0.4 is 5.32 Å². The van der Waals surface area contributed by atoms with E-state index >= 15 is 0 Å². The molecule has 5 heteroatoms. The van der Waals surface area contributed by atoms with Gasteiger partial charge in [-0.25, -0.2) is 0 Å². The number of hydrogen-bond donors (Lipinski definition) is 2. The van der Waals surface area contributed by atoms with E-state index in [9.17, 15) is 14.7 Å². The van der Waals surface area contributed by atoms with Gasteiger partial charge in [0.2, 0.25) is 0 Å². The van der Waals surface area contributed by atoms with Gasteiger partial charge in [0.15, 0.2) is 0 Å². The maximum Gasteiger partial charge on any atom is 0.308 e. The number of amides is 1. The monoisotopic (exact) mass is 262 g/mol. The molecular formula is C14H18N2O3. The molecule has 5 nitrogen and oxygen atoms in total. The smallest absolute Gasteiger partial charge is 0.308 e. The molecule has 0 bridgehead atoms. The molecule has 2 N–H and O–H groups in total. The first kappa shape index (κ1) is 13.5. The van der Waals surface area contributed by atoms with Crippen molar-refractivity contribution in [3.8, 4) is 0 Å². The van der Waals surface area contributed by atoms with Crippen LogP contribution >= 0.6 is 0 Å². The van der Waals surface area contributed by atoms with Crippen LogP contribution in [0.4, 0.5) is 0 Å². The van der Waals surface area contributed by atoms with E-state index in [-0.39, 0.29) is 11.9 Å². The second kappa shape index (κ2) is 6.31. The summed E-state index contributed by atoms with van der Waals surface area (Å²) in [4.78, 5) is 27.3. The quantitative estimate of drug-likeness (QED) is 0.815. The van der Waals surface area contributed by atoms with Gasteiger partial charge >= 0.3 is 5.97 Å². The molecule has 2 rings (SSSR count). The van der Waals surface area contributed by atoms with Crippen LogP contribution in [0.15, 0.2) is 24.4 Å². The Labute approximate surface area is 112 Å². The van der Waals surface area contributed by atoms with Crippen molar-refractivity contribution in [2.24, 2.45) is 5.92 Å². The van der Waals surface area contributed by atoms with Gasteiger partial charge in [-0.3, -0.25) is 14.6 Å². The van der Waals surface area contributed by atoms with E-state index in [1.807, 2.05) is 0 Å². The summed E-state index contributed by atoms with van der Waals surface area (Å²) >= 11 is 0. The van der Waals surface area contributed by atoms with E-state index < -0.39 is 11.9 Å². The molecule has 1 saturated carbocycles. The lowest BCUT2D eigenvalue weighted by atomic mass is 9.95. The molecule has 1 fully saturated rings. The summed E-state index contributed by atoms with van der Waals surface area (Å²) in [6, 6.07) is 4.81. The third kappa shape index (κ3) is 3.53. The van der Waals surface area contributed by atoms with Gasteiger partial charge in [-0.1, -0.05) is 25.3 Å². The zero-order valence-corrected chi connectivity index (χ0v) is 10.7. The van der Waals surface area contributed by atoms with Crippen LogP contribution in [-0.2, 0) is 4.79 Å². The second-order valence-electron chi connectivity index (χ2n) is 4.88. The highest BCUT2D eigenvalue weighted by molar-refractivity contribution is 5.92. The number of aromatic nitrogens is 1. The number of rotatable bonds is 3. The van der Waals surface area contributed by atoms with Crippen LogP contribution in [0.3, 0.4) is 0 Å². The largest absolute Gasteiger partial charge is 0.481 e. The summed E-state index contributed by atoms with van der Waals surface area (Å²) < 4.78 is 0. The number of carbonyl (C=O) groups excluding carboxylic acids is 1. The first-order chi connectivity index (χ1) is 9.18. The van der Waals surface area contributed by atoms with Gasteiger partial charge in [0, 0.05) is 12.2 Å². The van der Waals surface area contributed by atoms with Gasteiger partial charge in [0.1, 0.15) is 5.69 Å². The first-order valence-corrected chi connectivity index (χ1v) is 6.63. The zero-order valence-electron chi connectivity index (χ0n) is 10.7. The average molecular weight is 262 g/mol. The number of carboxylic acids is 1. The minimum Gasteiger partial charge on any atom is -0.481 e. The molecule has 2 atom stereocenters. The third-order valence-corrected chi connectivity index (χ3v) is 3.55. The number of pyridine rings is 1. The predicted molar refractivity (Wildman–Crippen MR) is 69.7 cm³/mol. The van der Waals surface area contributed by atoms with Crippen molar-refractivity contribution in [3.63, 3.8) is 0 Å². The SMILES string of the molecule is O=C(NC1CCCCCC1C(=O)O)c1ccccn1. The van der Waals surface area contributed by atoms with E-state index in [2.05, 4.69) is 10.3 Å². The lowest BCUT2D eigenvalue weighted by Gasteiger charge is -2.22. The Morgan fingerprint density at radius 2 is 2.00 bits per heavy atom. The Hall–Kier alpha value is -1.91. The minimum atomic E-state index is -0.826. The van der Waals surface area contributed by atoms with Crippen LogP contribution in [0.1, 0.15) is 42.6 Å². The van der Waals surface area contributed by atoms with E-state index in [1.165, 1.54) is 0 Å². The van der Waals surface area contributed by atoms with Crippen molar-refractivity contribution in [1.29, 1.82) is 0 Å². The molecule has 1 amide bonds. The van der Waals surface area contributed by atoms with Crippen LogP contribution in [0, 0.1) is 5.92 Å². The normalized spacial score (nSPS) is 23.4. The maximum absolute atomic E-state index is 12.0. The second-order valence-corrected chi connectivity index (χ2v) is 4.88. The Morgan fingerprint density at radius 3 is 2.68 bits per heavy atom. The van der Waals surface area contributed by atoms with Gasteiger partial charge < -0.3 is 10.4 Å². The van der Waals surface area contributed by atoms with E-state index in [0.717, 1.165) is 25.7 Å². The van der Waals surface area contributed by atoms with Gasteiger partial charge in [0.25, 0.3) is 5.91 Å². The van der Waals surface area contributed by atoms with Crippen molar-refractivity contribution >= 4 is 11.9 Å². The molecule has 1 heterocycles. The fourth-order valence-electron chi connectivity index (χ4n) is 2.52. The van der Waals surface area contributed by atoms with Gasteiger partial charge in [-0.05, 0) is 25.0 Å². The molecule has 1 aromatic rings. The minimum absolute atomic E-state index is 0.293. The predicted octanol–water partition coefficient (Wildman–Crippen LogP) is 1.84. The first-order valence-electron chi connectivity index (χ1n) is 6.63. The molecule has 0 aromatic carbocycles. The molecule has 0 aliphatic heterocycles. The molecule has 19 heavy (non-hydrogen) atoms. The van der Waals surface area contributed by atoms with Gasteiger partial charge in [0.05, 0.1) is 5.92 Å². The summed E-state index contributed by atoms with van der Waals surface area (Å²) in [7, 11) is 0. The van der Waals surface area contributed by atoms with Crippen molar-refractivity contribution in [2.45, 2.75) is 38.1 Å². The number of carbonyl (C=O) groups is 2. The van der Waals surface area contributed by atoms with Crippen LogP contribution in [0.5, 0.6) is 0 Å². The fraction of sp³-hybridized carbons (Fsp3) is 0.500. The van der Waals surface area contributed by atoms with Crippen molar-refractivity contribution in [3.05, 3.63) is 30.1 Å². The number of hydrogen-bond acceptors (Lipinski definition) is 3. The van der Waals surface area contributed by atoms with Gasteiger partial charge in [-0.15, -0.1) is 0 Å². The third-order valence-electron chi connectivity index (χ3n) is 3.55. The molecule has 102 valence electrons. The highest BCUT2D eigenvalue weighted by atomic mass is 16.4. The van der Waals surface area contributed by atoms with Crippen LogP contribution in [0.25, 0.3) is 0 Å². The summed E-state index contributed by atoms with van der Waals surface area (Å²) in [5.74, 6) is -1.61.